The number of carbonyl (C=O) groups is 1. The highest BCUT2D eigenvalue weighted by Crippen LogP contribution is 2.38. The molecule has 1 unspecified atom stereocenters. The van der Waals surface area contributed by atoms with Crippen LogP contribution in [-0.4, -0.2) is 31.5 Å². The van der Waals surface area contributed by atoms with E-state index in [4.69, 9.17) is 0 Å². The first-order valence-electron chi connectivity index (χ1n) is 4.69. The fourth-order valence-electron chi connectivity index (χ4n) is 2.46. The summed E-state index contributed by atoms with van der Waals surface area (Å²) in [6.07, 6.45) is 2.31. The van der Waals surface area contributed by atoms with Crippen molar-refractivity contribution in [3.8, 4) is 0 Å². The summed E-state index contributed by atoms with van der Waals surface area (Å²) < 4.78 is 0. The fraction of sp³-hybridized carbons (Fsp3) is 0.889. The van der Waals surface area contributed by atoms with E-state index in [2.05, 4.69) is 10.6 Å². The summed E-state index contributed by atoms with van der Waals surface area (Å²) in [5.41, 5.74) is 0.317. The maximum absolute atomic E-state index is 11.2. The number of hydrogen-bond donors (Lipinski definition) is 2. The number of halogens is 1. The molecule has 2 N–H and O–H groups in total. The lowest BCUT2D eigenvalue weighted by molar-refractivity contribution is -0.127. The standard InChI is InChI=1S/C9H16N2O.ClH/c1-7(12)8-9(6-11-8)2-4-10-5-3-9;/h8,10-11H,2-6H2,1H3;1H. The zero-order chi connectivity index (χ0) is 8.60. The van der Waals surface area contributed by atoms with Gasteiger partial charge < -0.3 is 10.6 Å². The predicted molar refractivity (Wildman–Crippen MR) is 54.3 cm³/mol. The van der Waals surface area contributed by atoms with Crippen molar-refractivity contribution in [3.63, 3.8) is 0 Å². The minimum absolute atomic E-state index is 0. The van der Waals surface area contributed by atoms with Crippen LogP contribution < -0.4 is 10.6 Å². The average Bonchev–Trinajstić information content (AvgIpc) is 2.03. The third-order valence-corrected chi connectivity index (χ3v) is 3.28. The third kappa shape index (κ3) is 1.73. The van der Waals surface area contributed by atoms with E-state index in [1.54, 1.807) is 6.92 Å². The van der Waals surface area contributed by atoms with Crippen molar-refractivity contribution in [2.24, 2.45) is 5.41 Å². The Kier molecular flexibility index (Phi) is 3.33. The first-order valence-corrected chi connectivity index (χ1v) is 4.69. The first-order chi connectivity index (χ1) is 5.75. The van der Waals surface area contributed by atoms with Crippen LogP contribution in [0.25, 0.3) is 0 Å². The summed E-state index contributed by atoms with van der Waals surface area (Å²) >= 11 is 0. The van der Waals surface area contributed by atoms with Crippen LogP contribution in [0.3, 0.4) is 0 Å². The van der Waals surface area contributed by atoms with Crippen molar-refractivity contribution < 1.29 is 4.79 Å². The Morgan fingerprint density at radius 3 is 2.38 bits per heavy atom. The normalized spacial score (nSPS) is 30.4. The zero-order valence-electron chi connectivity index (χ0n) is 7.93. The van der Waals surface area contributed by atoms with Crippen LogP contribution in [-0.2, 0) is 4.79 Å². The lowest BCUT2D eigenvalue weighted by Gasteiger charge is -2.51. The topological polar surface area (TPSA) is 41.1 Å². The SMILES string of the molecule is CC(=O)C1NCC12CCNCC2.Cl. The van der Waals surface area contributed by atoms with Crippen LogP contribution in [0, 0.1) is 5.41 Å². The number of piperidine rings is 1. The number of nitrogens with one attached hydrogen (secondary N) is 2. The monoisotopic (exact) mass is 204 g/mol. The van der Waals surface area contributed by atoms with Crippen LogP contribution in [0.1, 0.15) is 19.8 Å². The maximum atomic E-state index is 11.2. The maximum Gasteiger partial charge on any atom is 0.147 e. The van der Waals surface area contributed by atoms with Crippen LogP contribution in [0.15, 0.2) is 0 Å². The molecule has 0 amide bonds. The van der Waals surface area contributed by atoms with Crippen molar-refractivity contribution in [1.29, 1.82) is 0 Å². The highest BCUT2D eigenvalue weighted by Gasteiger charge is 2.48. The summed E-state index contributed by atoms with van der Waals surface area (Å²) in [5.74, 6) is 0.308. The molecule has 0 aromatic rings. The van der Waals surface area contributed by atoms with E-state index in [0.717, 1.165) is 32.5 Å². The molecule has 0 saturated carbocycles. The van der Waals surface area contributed by atoms with Crippen molar-refractivity contribution >= 4 is 18.2 Å². The van der Waals surface area contributed by atoms with Gasteiger partial charge in [0, 0.05) is 12.0 Å². The van der Waals surface area contributed by atoms with Gasteiger partial charge in [-0.05, 0) is 32.9 Å². The van der Waals surface area contributed by atoms with E-state index < -0.39 is 0 Å². The Morgan fingerprint density at radius 2 is 2.00 bits per heavy atom. The van der Waals surface area contributed by atoms with Crippen LogP contribution in [0.5, 0.6) is 0 Å². The quantitative estimate of drug-likeness (QED) is 0.647. The van der Waals surface area contributed by atoms with Crippen LogP contribution >= 0.6 is 12.4 Å². The minimum Gasteiger partial charge on any atom is -0.317 e. The van der Waals surface area contributed by atoms with Gasteiger partial charge in [-0.3, -0.25) is 4.79 Å². The molecule has 1 spiro atoms. The van der Waals surface area contributed by atoms with Gasteiger partial charge in [-0.25, -0.2) is 0 Å². The van der Waals surface area contributed by atoms with E-state index in [-0.39, 0.29) is 18.4 Å². The third-order valence-electron chi connectivity index (χ3n) is 3.28. The van der Waals surface area contributed by atoms with Gasteiger partial charge in [0.05, 0.1) is 6.04 Å². The Hall–Kier alpha value is -0.120. The van der Waals surface area contributed by atoms with Gasteiger partial charge in [-0.15, -0.1) is 12.4 Å². The van der Waals surface area contributed by atoms with Gasteiger partial charge in [0.15, 0.2) is 0 Å². The van der Waals surface area contributed by atoms with Crippen molar-refractivity contribution in [1.82, 2.24) is 10.6 Å². The van der Waals surface area contributed by atoms with Gasteiger partial charge in [0.2, 0.25) is 0 Å². The molecule has 2 saturated heterocycles. The smallest absolute Gasteiger partial charge is 0.147 e. The summed E-state index contributed by atoms with van der Waals surface area (Å²) in [7, 11) is 0. The first kappa shape index (κ1) is 11.0. The molecule has 2 aliphatic heterocycles. The fourth-order valence-corrected chi connectivity index (χ4v) is 2.46. The predicted octanol–water partition coefficient (Wildman–Crippen LogP) is 0.339. The summed E-state index contributed by atoms with van der Waals surface area (Å²) in [5, 5.41) is 6.56. The average molecular weight is 205 g/mol. The second kappa shape index (κ2) is 3.95. The lowest BCUT2D eigenvalue weighted by Crippen LogP contribution is -2.67. The Bertz CT molecular complexity index is 202. The largest absolute Gasteiger partial charge is 0.317 e. The van der Waals surface area contributed by atoms with E-state index in [1.165, 1.54) is 0 Å². The Morgan fingerprint density at radius 1 is 1.38 bits per heavy atom. The van der Waals surface area contributed by atoms with Gasteiger partial charge in [0.1, 0.15) is 5.78 Å². The number of Topliss-reactive ketones (excluding diaryl/α,β-unsaturated/α-hetero) is 1. The van der Waals surface area contributed by atoms with Gasteiger partial charge >= 0.3 is 0 Å². The molecule has 0 bridgehead atoms. The summed E-state index contributed by atoms with van der Waals surface area (Å²) in [6.45, 7) is 4.89. The van der Waals surface area contributed by atoms with E-state index >= 15 is 0 Å². The molecule has 2 aliphatic rings. The highest BCUT2D eigenvalue weighted by atomic mass is 35.5. The van der Waals surface area contributed by atoms with Crippen LogP contribution in [0.4, 0.5) is 0 Å². The molecule has 0 aromatic carbocycles. The summed E-state index contributed by atoms with van der Waals surface area (Å²) in [4.78, 5) is 11.2. The van der Waals surface area contributed by atoms with Gasteiger partial charge in [-0.1, -0.05) is 0 Å². The van der Waals surface area contributed by atoms with E-state index in [1.807, 2.05) is 0 Å². The molecular weight excluding hydrogens is 188 g/mol. The Labute approximate surface area is 85.1 Å². The molecule has 4 heteroatoms. The molecule has 0 aliphatic carbocycles. The van der Waals surface area contributed by atoms with Gasteiger partial charge in [0.25, 0.3) is 0 Å². The lowest BCUT2D eigenvalue weighted by atomic mass is 9.66. The second-order valence-electron chi connectivity index (χ2n) is 4.04. The molecule has 3 nitrogen and oxygen atoms in total. The minimum atomic E-state index is 0. The number of carbonyl (C=O) groups excluding carboxylic acids is 1. The molecule has 2 rings (SSSR count). The van der Waals surface area contributed by atoms with Crippen LogP contribution in [0.2, 0.25) is 0 Å². The molecule has 1 atom stereocenters. The molecule has 0 radical (unpaired) electrons. The van der Waals surface area contributed by atoms with E-state index in [0.29, 0.717) is 11.2 Å². The molecule has 13 heavy (non-hydrogen) atoms. The second-order valence-corrected chi connectivity index (χ2v) is 4.04. The number of ketones is 1. The van der Waals surface area contributed by atoms with Crippen molar-refractivity contribution in [2.75, 3.05) is 19.6 Å². The van der Waals surface area contributed by atoms with Crippen molar-refractivity contribution in [3.05, 3.63) is 0 Å². The molecule has 76 valence electrons. The Balaban J connectivity index is 0.000000845. The molecule has 0 aromatic heterocycles. The van der Waals surface area contributed by atoms with Gasteiger partial charge in [-0.2, -0.15) is 0 Å². The highest BCUT2D eigenvalue weighted by molar-refractivity contribution is 5.85. The van der Waals surface area contributed by atoms with Crippen molar-refractivity contribution in [2.45, 2.75) is 25.8 Å². The molecule has 2 heterocycles. The number of hydrogen-bond acceptors (Lipinski definition) is 3. The zero-order valence-corrected chi connectivity index (χ0v) is 8.75. The van der Waals surface area contributed by atoms with E-state index in [9.17, 15) is 4.79 Å². The number of rotatable bonds is 1. The molecule has 2 fully saturated rings. The summed E-state index contributed by atoms with van der Waals surface area (Å²) in [6, 6.07) is 0.152. The molecular formula is C9H17ClN2O.